The molecule has 1 aliphatic heterocycles. The standard InChI is InChI=1S/C10H10N2O3/c1-6(13)7-2-3-8-9(14)11-4-5-12(8)10(7)15/h2-3H,4-5H2,1H3,(H,11,14). The third-order valence-electron chi connectivity index (χ3n) is 2.41. The average molecular weight is 206 g/mol. The number of Topliss-reactive ketones (excluding diaryl/α,β-unsaturated/α-hetero) is 1. The van der Waals surface area contributed by atoms with Gasteiger partial charge in [0.1, 0.15) is 5.69 Å². The van der Waals surface area contributed by atoms with Crippen LogP contribution in [0.4, 0.5) is 0 Å². The number of hydrogen-bond donors (Lipinski definition) is 1. The van der Waals surface area contributed by atoms with E-state index in [4.69, 9.17) is 0 Å². The first-order valence-electron chi connectivity index (χ1n) is 4.64. The molecule has 0 saturated carbocycles. The molecule has 0 saturated heterocycles. The molecular formula is C10H10N2O3. The van der Waals surface area contributed by atoms with E-state index in [0.29, 0.717) is 18.8 Å². The predicted octanol–water partition coefficient (Wildman–Crippen LogP) is -0.206. The third kappa shape index (κ3) is 1.45. The molecule has 1 aromatic heterocycles. The quantitative estimate of drug-likeness (QED) is 0.647. The molecular weight excluding hydrogens is 196 g/mol. The second kappa shape index (κ2) is 3.34. The van der Waals surface area contributed by atoms with Crippen molar-refractivity contribution in [1.29, 1.82) is 0 Å². The second-order valence-electron chi connectivity index (χ2n) is 3.40. The highest BCUT2D eigenvalue weighted by Crippen LogP contribution is 2.04. The van der Waals surface area contributed by atoms with Crippen molar-refractivity contribution in [2.24, 2.45) is 0 Å². The molecule has 2 rings (SSSR count). The zero-order valence-corrected chi connectivity index (χ0v) is 8.24. The van der Waals surface area contributed by atoms with Crippen LogP contribution in [0.15, 0.2) is 16.9 Å². The van der Waals surface area contributed by atoms with E-state index in [1.165, 1.54) is 23.6 Å². The van der Waals surface area contributed by atoms with Gasteiger partial charge in [-0.3, -0.25) is 14.4 Å². The van der Waals surface area contributed by atoms with E-state index >= 15 is 0 Å². The molecule has 0 bridgehead atoms. The summed E-state index contributed by atoms with van der Waals surface area (Å²) in [6.07, 6.45) is 0. The van der Waals surface area contributed by atoms with Gasteiger partial charge >= 0.3 is 0 Å². The topological polar surface area (TPSA) is 68.2 Å². The van der Waals surface area contributed by atoms with E-state index < -0.39 is 0 Å². The second-order valence-corrected chi connectivity index (χ2v) is 3.40. The molecule has 0 unspecified atom stereocenters. The van der Waals surface area contributed by atoms with E-state index in [2.05, 4.69) is 5.32 Å². The first kappa shape index (κ1) is 9.64. The highest BCUT2D eigenvalue weighted by atomic mass is 16.2. The van der Waals surface area contributed by atoms with Crippen LogP contribution < -0.4 is 10.9 Å². The lowest BCUT2D eigenvalue weighted by Crippen LogP contribution is -2.42. The number of carbonyl (C=O) groups excluding carboxylic acids is 2. The molecule has 15 heavy (non-hydrogen) atoms. The molecule has 0 atom stereocenters. The van der Waals surface area contributed by atoms with Gasteiger partial charge in [-0.2, -0.15) is 0 Å². The Labute approximate surface area is 85.7 Å². The molecule has 0 aliphatic carbocycles. The summed E-state index contributed by atoms with van der Waals surface area (Å²) in [5.41, 5.74) is 0.0690. The lowest BCUT2D eigenvalue weighted by Gasteiger charge is -2.18. The van der Waals surface area contributed by atoms with Crippen LogP contribution in [0, 0.1) is 0 Å². The highest BCUT2D eigenvalue weighted by molar-refractivity contribution is 5.96. The largest absolute Gasteiger partial charge is 0.349 e. The number of fused-ring (bicyclic) bond motifs is 1. The Kier molecular flexibility index (Phi) is 2.15. The maximum Gasteiger partial charge on any atom is 0.268 e. The van der Waals surface area contributed by atoms with Crippen LogP contribution in [0.5, 0.6) is 0 Å². The van der Waals surface area contributed by atoms with Gasteiger partial charge in [-0.1, -0.05) is 0 Å². The lowest BCUT2D eigenvalue weighted by atomic mass is 10.1. The molecule has 1 aromatic rings. The fraction of sp³-hybridized carbons (Fsp3) is 0.300. The van der Waals surface area contributed by atoms with Crippen LogP contribution >= 0.6 is 0 Å². The number of nitrogens with one attached hydrogen (secondary N) is 1. The molecule has 0 fully saturated rings. The third-order valence-corrected chi connectivity index (χ3v) is 2.41. The normalized spacial score (nSPS) is 14.3. The van der Waals surface area contributed by atoms with Gasteiger partial charge in [-0.05, 0) is 19.1 Å². The molecule has 1 amide bonds. The van der Waals surface area contributed by atoms with Crippen LogP contribution in [-0.2, 0) is 6.54 Å². The predicted molar refractivity (Wildman–Crippen MR) is 53.0 cm³/mol. The SMILES string of the molecule is CC(=O)c1ccc2n(c1=O)CCNC2=O. The Bertz CT molecular complexity index is 502. The fourth-order valence-electron chi connectivity index (χ4n) is 1.64. The molecule has 1 N–H and O–H groups in total. The summed E-state index contributed by atoms with van der Waals surface area (Å²) in [7, 11) is 0. The fourth-order valence-corrected chi connectivity index (χ4v) is 1.64. The van der Waals surface area contributed by atoms with Crippen molar-refractivity contribution < 1.29 is 9.59 Å². The Balaban J connectivity index is 2.67. The van der Waals surface area contributed by atoms with Crippen molar-refractivity contribution in [3.8, 4) is 0 Å². The Morgan fingerprint density at radius 2 is 2.13 bits per heavy atom. The molecule has 1 aliphatic rings. The first-order chi connectivity index (χ1) is 7.11. The van der Waals surface area contributed by atoms with Crippen molar-refractivity contribution in [1.82, 2.24) is 9.88 Å². The summed E-state index contributed by atoms with van der Waals surface area (Å²) >= 11 is 0. The van der Waals surface area contributed by atoms with E-state index in [0.717, 1.165) is 0 Å². The van der Waals surface area contributed by atoms with Crippen LogP contribution in [0.25, 0.3) is 0 Å². The van der Waals surface area contributed by atoms with Crippen LogP contribution in [0.3, 0.4) is 0 Å². The summed E-state index contributed by atoms with van der Waals surface area (Å²) in [5, 5.41) is 2.63. The minimum atomic E-state index is -0.380. The van der Waals surface area contributed by atoms with Gasteiger partial charge in [-0.15, -0.1) is 0 Å². The first-order valence-corrected chi connectivity index (χ1v) is 4.64. The van der Waals surface area contributed by atoms with Crippen molar-refractivity contribution in [3.63, 3.8) is 0 Å². The number of ketones is 1. The number of nitrogens with zero attached hydrogens (tertiary/aromatic N) is 1. The van der Waals surface area contributed by atoms with Crippen molar-refractivity contribution in [2.75, 3.05) is 6.54 Å². The van der Waals surface area contributed by atoms with Crippen molar-refractivity contribution in [3.05, 3.63) is 33.7 Å². The van der Waals surface area contributed by atoms with Crippen molar-refractivity contribution >= 4 is 11.7 Å². The smallest absolute Gasteiger partial charge is 0.268 e. The van der Waals surface area contributed by atoms with Gasteiger partial charge in [-0.25, -0.2) is 0 Å². The summed E-state index contributed by atoms with van der Waals surface area (Å²) < 4.78 is 1.34. The molecule has 2 heterocycles. The molecule has 78 valence electrons. The maximum atomic E-state index is 11.8. The molecule has 0 aromatic carbocycles. The molecule has 5 heteroatoms. The number of amides is 1. The van der Waals surface area contributed by atoms with E-state index in [1.54, 1.807) is 0 Å². The van der Waals surface area contributed by atoms with Gasteiger partial charge in [0.15, 0.2) is 5.78 Å². The van der Waals surface area contributed by atoms with E-state index in [1.807, 2.05) is 0 Å². The maximum absolute atomic E-state index is 11.8. The number of pyridine rings is 1. The van der Waals surface area contributed by atoms with Gasteiger partial charge in [0, 0.05) is 13.1 Å². The summed E-state index contributed by atoms with van der Waals surface area (Å²) in [5.74, 6) is -0.547. The Morgan fingerprint density at radius 1 is 1.40 bits per heavy atom. The summed E-state index contributed by atoms with van der Waals surface area (Å²) in [4.78, 5) is 34.2. The zero-order chi connectivity index (χ0) is 11.0. The Hall–Kier alpha value is -1.91. The van der Waals surface area contributed by atoms with Gasteiger partial charge < -0.3 is 9.88 Å². The number of hydrogen-bond acceptors (Lipinski definition) is 3. The average Bonchev–Trinajstić information content (AvgIpc) is 2.19. The minimum Gasteiger partial charge on any atom is -0.349 e. The molecule has 5 nitrogen and oxygen atoms in total. The highest BCUT2D eigenvalue weighted by Gasteiger charge is 2.19. The monoisotopic (exact) mass is 206 g/mol. The number of rotatable bonds is 1. The van der Waals surface area contributed by atoms with Crippen molar-refractivity contribution in [2.45, 2.75) is 13.5 Å². The molecule has 0 spiro atoms. The Morgan fingerprint density at radius 3 is 2.80 bits per heavy atom. The van der Waals surface area contributed by atoms with Crippen LogP contribution in [0.2, 0.25) is 0 Å². The van der Waals surface area contributed by atoms with Crippen LogP contribution in [-0.4, -0.2) is 22.8 Å². The van der Waals surface area contributed by atoms with E-state index in [9.17, 15) is 14.4 Å². The number of carbonyl (C=O) groups is 2. The lowest BCUT2D eigenvalue weighted by molar-refractivity contribution is 0.0922. The number of aromatic nitrogens is 1. The van der Waals surface area contributed by atoms with Gasteiger partial charge in [0.2, 0.25) is 0 Å². The summed E-state index contributed by atoms with van der Waals surface area (Å²) in [6, 6.07) is 2.91. The minimum absolute atomic E-state index is 0.133. The van der Waals surface area contributed by atoms with Gasteiger partial charge in [0.25, 0.3) is 11.5 Å². The van der Waals surface area contributed by atoms with E-state index in [-0.39, 0.29) is 22.8 Å². The summed E-state index contributed by atoms with van der Waals surface area (Å²) in [6.45, 7) is 2.18. The van der Waals surface area contributed by atoms with Crippen LogP contribution in [0.1, 0.15) is 27.8 Å². The molecule has 0 radical (unpaired) electrons. The zero-order valence-electron chi connectivity index (χ0n) is 8.24. The van der Waals surface area contributed by atoms with Gasteiger partial charge in [0.05, 0.1) is 5.56 Å².